The van der Waals surface area contributed by atoms with E-state index in [1.807, 2.05) is 24.3 Å². The molecule has 2 aliphatic heterocycles. The van der Waals surface area contributed by atoms with Gasteiger partial charge >= 0.3 is 16.2 Å². The second-order valence-corrected chi connectivity index (χ2v) is 8.36. The number of hydrogen-bond acceptors (Lipinski definition) is 5. The molecule has 9 nitrogen and oxygen atoms in total. The number of ether oxygens (including phenoxy) is 1. The van der Waals surface area contributed by atoms with E-state index in [0.717, 1.165) is 12.1 Å². The molecule has 1 unspecified atom stereocenters. The van der Waals surface area contributed by atoms with E-state index in [1.54, 1.807) is 23.1 Å². The molecule has 2 heterocycles. The number of anilines is 1. The maximum atomic E-state index is 12.4. The molecule has 3 aliphatic rings. The summed E-state index contributed by atoms with van der Waals surface area (Å²) in [4.78, 5) is 18.3. The quantitative estimate of drug-likeness (QED) is 0.779. The molecule has 4 rings (SSSR count). The van der Waals surface area contributed by atoms with Gasteiger partial charge in [0.25, 0.3) is 0 Å². The van der Waals surface area contributed by atoms with Crippen LogP contribution in [0.5, 0.6) is 5.75 Å². The zero-order valence-corrected chi connectivity index (χ0v) is 16.4. The van der Waals surface area contributed by atoms with Crippen LogP contribution in [-0.4, -0.2) is 50.6 Å². The van der Waals surface area contributed by atoms with Gasteiger partial charge in [-0.25, -0.2) is 4.79 Å². The number of nitrogens with zero attached hydrogens (tertiary/aromatic N) is 3. The summed E-state index contributed by atoms with van der Waals surface area (Å²) in [6.45, 7) is 1.55. The fourth-order valence-corrected chi connectivity index (χ4v) is 4.31. The third kappa shape index (κ3) is 4.32. The maximum absolute atomic E-state index is 12.4. The molecule has 0 aromatic heterocycles. The Kier molecular flexibility index (Phi) is 5.10. The number of carbonyl (C=O) groups excluding carboxylic acids is 1. The third-order valence-corrected chi connectivity index (χ3v) is 5.79. The van der Waals surface area contributed by atoms with Gasteiger partial charge in [0, 0.05) is 31.1 Å². The van der Waals surface area contributed by atoms with Crippen molar-refractivity contribution in [2.75, 3.05) is 24.4 Å². The SMILES string of the molecule is NC1=NS(=O)(=O)Nc2cccc(OCC3CCN(C(=O)N=C4C=CC=CC4)C3)c21. The predicted octanol–water partition coefficient (Wildman–Crippen LogP) is 1.84. The molecule has 29 heavy (non-hydrogen) atoms. The smallest absolute Gasteiger partial charge is 0.344 e. The first-order valence-corrected chi connectivity index (χ1v) is 10.7. The summed E-state index contributed by atoms with van der Waals surface area (Å²) < 4.78 is 35.1. The number of fused-ring (bicyclic) bond motifs is 1. The van der Waals surface area contributed by atoms with Gasteiger partial charge in [-0.15, -0.1) is 4.40 Å². The number of aliphatic imine (C=N–C) groups is 1. The number of benzene rings is 1. The molecule has 1 fully saturated rings. The summed E-state index contributed by atoms with van der Waals surface area (Å²) in [5.41, 5.74) is 7.35. The molecule has 1 aromatic carbocycles. The lowest BCUT2D eigenvalue weighted by atomic mass is 10.1. The number of carbonyl (C=O) groups is 1. The minimum absolute atomic E-state index is 0.108. The van der Waals surface area contributed by atoms with Crippen molar-refractivity contribution in [3.05, 3.63) is 48.1 Å². The third-order valence-electron chi connectivity index (χ3n) is 4.87. The minimum atomic E-state index is -3.83. The van der Waals surface area contributed by atoms with Gasteiger partial charge in [-0.2, -0.15) is 13.4 Å². The van der Waals surface area contributed by atoms with Gasteiger partial charge in [-0.1, -0.05) is 24.3 Å². The standard InChI is InChI=1S/C19H21N5O4S/c20-18-17-15(22-29(26,27)23-18)7-4-8-16(17)28-12-13-9-10-24(11-13)19(25)21-14-5-2-1-3-6-14/h1-5,7-8,13,22H,6,9-12H2,(H2,20,23). The van der Waals surface area contributed by atoms with E-state index in [9.17, 15) is 13.2 Å². The lowest BCUT2D eigenvalue weighted by Crippen LogP contribution is -2.28. The van der Waals surface area contributed by atoms with E-state index < -0.39 is 10.2 Å². The largest absolute Gasteiger partial charge is 0.492 e. The Morgan fingerprint density at radius 3 is 3.03 bits per heavy atom. The van der Waals surface area contributed by atoms with Crippen LogP contribution in [0.15, 0.2) is 51.9 Å². The number of hydrogen-bond donors (Lipinski definition) is 2. The zero-order valence-electron chi connectivity index (χ0n) is 15.6. The lowest BCUT2D eigenvalue weighted by molar-refractivity contribution is 0.211. The Morgan fingerprint density at radius 2 is 2.24 bits per heavy atom. The van der Waals surface area contributed by atoms with Crippen LogP contribution in [0.25, 0.3) is 0 Å². The molecule has 10 heteroatoms. The Labute approximate surface area is 168 Å². The summed E-state index contributed by atoms with van der Waals surface area (Å²) in [7, 11) is -3.83. The summed E-state index contributed by atoms with van der Waals surface area (Å²) in [5.74, 6) is 0.494. The molecule has 0 radical (unpaired) electrons. The molecule has 3 N–H and O–H groups in total. The number of amidine groups is 1. The normalized spacial score (nSPS) is 23.4. The van der Waals surface area contributed by atoms with Crippen LogP contribution in [0.4, 0.5) is 10.5 Å². The van der Waals surface area contributed by atoms with Crippen molar-refractivity contribution < 1.29 is 17.9 Å². The predicted molar refractivity (Wildman–Crippen MR) is 111 cm³/mol. The molecule has 1 aromatic rings. The van der Waals surface area contributed by atoms with Crippen molar-refractivity contribution in [2.24, 2.45) is 21.0 Å². The van der Waals surface area contributed by atoms with Crippen molar-refractivity contribution in [1.82, 2.24) is 4.90 Å². The molecular weight excluding hydrogens is 394 g/mol. The maximum Gasteiger partial charge on any atom is 0.344 e. The first-order valence-electron chi connectivity index (χ1n) is 9.25. The van der Waals surface area contributed by atoms with Crippen LogP contribution in [0.2, 0.25) is 0 Å². The molecule has 2 amide bonds. The average Bonchev–Trinajstić information content (AvgIpc) is 3.15. The second kappa shape index (κ2) is 7.70. The van der Waals surface area contributed by atoms with Crippen molar-refractivity contribution in [2.45, 2.75) is 12.8 Å². The van der Waals surface area contributed by atoms with Crippen molar-refractivity contribution >= 4 is 33.5 Å². The van der Waals surface area contributed by atoms with Gasteiger partial charge in [-0.3, -0.25) is 4.72 Å². The van der Waals surface area contributed by atoms with Gasteiger partial charge in [0.2, 0.25) is 0 Å². The van der Waals surface area contributed by atoms with Crippen LogP contribution in [0.3, 0.4) is 0 Å². The number of nitrogens with two attached hydrogens (primary N) is 1. The molecule has 0 saturated carbocycles. The monoisotopic (exact) mass is 415 g/mol. The van der Waals surface area contributed by atoms with E-state index in [2.05, 4.69) is 14.1 Å². The fourth-order valence-electron chi connectivity index (χ4n) is 3.47. The number of nitrogens with one attached hydrogen (secondary N) is 1. The molecule has 152 valence electrons. The highest BCUT2D eigenvalue weighted by molar-refractivity contribution is 7.91. The number of amides is 2. The minimum Gasteiger partial charge on any atom is -0.492 e. The highest BCUT2D eigenvalue weighted by Crippen LogP contribution is 2.31. The second-order valence-electron chi connectivity index (χ2n) is 7.02. The fraction of sp³-hybridized carbons (Fsp3) is 0.316. The van der Waals surface area contributed by atoms with Gasteiger partial charge in [0.15, 0.2) is 5.84 Å². The summed E-state index contributed by atoms with van der Waals surface area (Å²) >= 11 is 0. The molecule has 1 saturated heterocycles. The molecule has 1 aliphatic carbocycles. The van der Waals surface area contributed by atoms with Crippen molar-refractivity contribution in [3.63, 3.8) is 0 Å². The van der Waals surface area contributed by atoms with Gasteiger partial charge in [-0.05, 0) is 24.6 Å². The van der Waals surface area contributed by atoms with E-state index in [-0.39, 0.29) is 17.8 Å². The molecule has 0 spiro atoms. The van der Waals surface area contributed by atoms with Crippen molar-refractivity contribution in [1.29, 1.82) is 0 Å². The molecular formula is C19H21N5O4S. The van der Waals surface area contributed by atoms with Crippen LogP contribution in [0, 0.1) is 5.92 Å². The Morgan fingerprint density at radius 1 is 1.38 bits per heavy atom. The number of urea groups is 1. The van der Waals surface area contributed by atoms with Gasteiger partial charge < -0.3 is 15.4 Å². The summed E-state index contributed by atoms with van der Waals surface area (Å²) in [5, 5.41) is 0. The molecule has 0 bridgehead atoms. The van der Waals surface area contributed by atoms with Crippen LogP contribution in [0.1, 0.15) is 18.4 Å². The van der Waals surface area contributed by atoms with Gasteiger partial charge in [0.05, 0.1) is 17.9 Å². The number of allylic oxidation sites excluding steroid dienone is 4. The van der Waals surface area contributed by atoms with E-state index in [1.165, 1.54) is 0 Å². The summed E-state index contributed by atoms with van der Waals surface area (Å²) in [6, 6.07) is 4.77. The Hall–Kier alpha value is -3.14. The first kappa shape index (κ1) is 19.2. The lowest BCUT2D eigenvalue weighted by Gasteiger charge is -2.20. The Bertz CT molecular complexity index is 1060. The first-order chi connectivity index (χ1) is 13.9. The van der Waals surface area contributed by atoms with E-state index >= 15 is 0 Å². The molecule has 1 atom stereocenters. The topological polar surface area (TPSA) is 126 Å². The summed E-state index contributed by atoms with van der Waals surface area (Å²) in [6.07, 6.45) is 9.06. The van der Waals surface area contributed by atoms with Gasteiger partial charge in [0.1, 0.15) is 5.75 Å². The van der Waals surface area contributed by atoms with E-state index in [0.29, 0.717) is 43.1 Å². The number of likely N-dealkylation sites (tertiary alicyclic amines) is 1. The average molecular weight is 415 g/mol. The zero-order chi connectivity index (χ0) is 20.4. The van der Waals surface area contributed by atoms with Crippen LogP contribution in [-0.2, 0) is 10.2 Å². The highest BCUT2D eigenvalue weighted by Gasteiger charge is 2.28. The Balaban J connectivity index is 1.38. The van der Waals surface area contributed by atoms with E-state index in [4.69, 9.17) is 10.5 Å². The van der Waals surface area contributed by atoms with Crippen LogP contribution >= 0.6 is 0 Å². The highest BCUT2D eigenvalue weighted by atomic mass is 32.2. The van der Waals surface area contributed by atoms with Crippen LogP contribution < -0.4 is 15.2 Å². The van der Waals surface area contributed by atoms with Crippen molar-refractivity contribution in [3.8, 4) is 5.75 Å². The number of rotatable bonds is 3.